The van der Waals surface area contributed by atoms with E-state index >= 15 is 0 Å². The van der Waals surface area contributed by atoms with Gasteiger partial charge in [0.25, 0.3) is 5.91 Å². The van der Waals surface area contributed by atoms with Crippen LogP contribution in [0, 0.1) is 0 Å². The first kappa shape index (κ1) is 14.3. The predicted octanol–water partition coefficient (Wildman–Crippen LogP) is 2.00. The molecule has 0 saturated carbocycles. The molecular formula is C17H17N3O2. The first-order valence-electron chi connectivity index (χ1n) is 7.19. The minimum absolute atomic E-state index is 0.247. The predicted molar refractivity (Wildman–Crippen MR) is 83.1 cm³/mol. The van der Waals surface area contributed by atoms with E-state index in [0.29, 0.717) is 17.9 Å². The van der Waals surface area contributed by atoms with Crippen LogP contribution in [0.4, 0.5) is 0 Å². The van der Waals surface area contributed by atoms with E-state index in [2.05, 4.69) is 22.1 Å². The van der Waals surface area contributed by atoms with Crippen molar-refractivity contribution in [2.75, 3.05) is 13.6 Å². The number of nitrogens with zero attached hydrogens (tertiary/aromatic N) is 3. The number of rotatable bonds is 4. The minimum Gasteiger partial charge on any atom is -0.503 e. The Balaban J connectivity index is 1.77. The van der Waals surface area contributed by atoms with Gasteiger partial charge in [0.15, 0.2) is 11.6 Å². The Morgan fingerprint density at radius 1 is 1.18 bits per heavy atom. The Bertz CT molecular complexity index is 726. The second-order valence-electron chi connectivity index (χ2n) is 5.35. The van der Waals surface area contributed by atoms with Gasteiger partial charge in [0.05, 0.1) is 12.1 Å². The molecule has 1 aromatic carbocycles. The molecule has 1 aliphatic rings. The number of hydrogen-bond donors (Lipinski definition) is 1. The van der Waals surface area contributed by atoms with Crippen LogP contribution in [0.5, 0.6) is 0 Å². The maximum absolute atomic E-state index is 11.6. The van der Waals surface area contributed by atoms with Gasteiger partial charge in [-0.1, -0.05) is 30.3 Å². The van der Waals surface area contributed by atoms with Crippen molar-refractivity contribution in [2.45, 2.75) is 12.8 Å². The third-order valence-electron chi connectivity index (χ3n) is 3.73. The van der Waals surface area contributed by atoms with Gasteiger partial charge in [0.2, 0.25) is 0 Å². The molecule has 0 aliphatic carbocycles. The number of carbonyl (C=O) groups is 1. The first-order chi connectivity index (χ1) is 10.6. The summed E-state index contributed by atoms with van der Waals surface area (Å²) >= 11 is 0. The molecule has 0 unspecified atom stereocenters. The van der Waals surface area contributed by atoms with Crippen LogP contribution in [0.1, 0.15) is 17.1 Å². The van der Waals surface area contributed by atoms with Gasteiger partial charge >= 0.3 is 0 Å². The molecule has 22 heavy (non-hydrogen) atoms. The van der Waals surface area contributed by atoms with Crippen molar-refractivity contribution in [1.29, 1.82) is 0 Å². The number of likely N-dealkylation sites (N-methyl/N-ethyl adjacent to an activating group) is 1. The Morgan fingerprint density at radius 2 is 1.95 bits per heavy atom. The zero-order chi connectivity index (χ0) is 15.5. The molecule has 1 amide bonds. The van der Waals surface area contributed by atoms with Crippen molar-refractivity contribution in [2.24, 2.45) is 0 Å². The zero-order valence-electron chi connectivity index (χ0n) is 12.4. The van der Waals surface area contributed by atoms with Crippen LogP contribution >= 0.6 is 0 Å². The van der Waals surface area contributed by atoms with Crippen LogP contribution in [-0.2, 0) is 17.6 Å². The standard InChI is InChI=1S/C17H17N3O2/c1-20-11-14(15(21)17(20)22)16-18-10-9-13(19-16)8-7-12-5-3-2-4-6-12/h2-6,9-10,21H,7-8,11H2,1H3. The van der Waals surface area contributed by atoms with Crippen LogP contribution in [-0.4, -0.2) is 39.5 Å². The van der Waals surface area contributed by atoms with Gasteiger partial charge in [-0.2, -0.15) is 0 Å². The third kappa shape index (κ3) is 2.83. The quantitative estimate of drug-likeness (QED) is 0.937. The fourth-order valence-electron chi connectivity index (χ4n) is 2.47. The number of hydrogen-bond acceptors (Lipinski definition) is 4. The second kappa shape index (κ2) is 5.97. The van der Waals surface area contributed by atoms with E-state index in [1.54, 1.807) is 13.2 Å². The van der Waals surface area contributed by atoms with Crippen LogP contribution in [0.25, 0.3) is 5.57 Å². The van der Waals surface area contributed by atoms with Crippen molar-refractivity contribution in [1.82, 2.24) is 14.9 Å². The lowest BCUT2D eigenvalue weighted by Crippen LogP contribution is -2.21. The molecule has 1 N–H and O–H groups in total. The molecule has 5 nitrogen and oxygen atoms in total. The van der Waals surface area contributed by atoms with E-state index in [0.717, 1.165) is 18.5 Å². The van der Waals surface area contributed by atoms with Crippen molar-refractivity contribution >= 4 is 11.5 Å². The Kier molecular flexibility index (Phi) is 3.87. The summed E-state index contributed by atoms with van der Waals surface area (Å²) in [5.41, 5.74) is 2.64. The normalized spacial score (nSPS) is 14.8. The molecule has 2 heterocycles. The molecule has 0 radical (unpaired) electrons. The van der Waals surface area contributed by atoms with E-state index in [4.69, 9.17) is 0 Å². The Morgan fingerprint density at radius 3 is 2.64 bits per heavy atom. The number of aliphatic hydroxyl groups is 1. The molecule has 5 heteroatoms. The van der Waals surface area contributed by atoms with E-state index in [1.807, 2.05) is 24.3 Å². The Hall–Kier alpha value is -2.69. The molecule has 0 atom stereocenters. The topological polar surface area (TPSA) is 66.3 Å². The summed E-state index contributed by atoms with van der Waals surface area (Å²) in [5.74, 6) is -0.197. The van der Waals surface area contributed by atoms with Crippen molar-refractivity contribution in [3.63, 3.8) is 0 Å². The zero-order valence-corrected chi connectivity index (χ0v) is 12.4. The largest absolute Gasteiger partial charge is 0.503 e. The number of aromatic nitrogens is 2. The summed E-state index contributed by atoms with van der Waals surface area (Å²) in [6.45, 7) is 0.340. The smallest absolute Gasteiger partial charge is 0.289 e. The highest BCUT2D eigenvalue weighted by Gasteiger charge is 2.29. The molecule has 0 spiro atoms. The van der Waals surface area contributed by atoms with Crippen molar-refractivity contribution < 1.29 is 9.90 Å². The SMILES string of the molecule is CN1CC(c2nccc(CCc3ccccc3)n2)=C(O)C1=O. The lowest BCUT2D eigenvalue weighted by Gasteiger charge is -2.07. The molecule has 3 rings (SSSR count). The Labute approximate surface area is 129 Å². The molecule has 0 saturated heterocycles. The van der Waals surface area contributed by atoms with E-state index < -0.39 is 0 Å². The summed E-state index contributed by atoms with van der Waals surface area (Å²) in [7, 11) is 1.64. The van der Waals surface area contributed by atoms with Gasteiger partial charge in [-0.25, -0.2) is 9.97 Å². The molecule has 0 fully saturated rings. The third-order valence-corrected chi connectivity index (χ3v) is 3.73. The summed E-state index contributed by atoms with van der Waals surface area (Å²) in [6.07, 6.45) is 3.35. The number of benzene rings is 1. The van der Waals surface area contributed by atoms with Gasteiger partial charge < -0.3 is 10.0 Å². The molecule has 2 aromatic rings. The molecular weight excluding hydrogens is 278 g/mol. The monoisotopic (exact) mass is 295 g/mol. The van der Waals surface area contributed by atoms with Crippen LogP contribution in [0.15, 0.2) is 48.4 Å². The van der Waals surface area contributed by atoms with E-state index in [-0.39, 0.29) is 11.7 Å². The number of aryl methyl sites for hydroxylation is 2. The number of amides is 1. The lowest BCUT2D eigenvalue weighted by molar-refractivity contribution is -0.126. The fourth-order valence-corrected chi connectivity index (χ4v) is 2.47. The molecule has 1 aliphatic heterocycles. The number of carbonyl (C=O) groups excluding carboxylic acids is 1. The van der Waals surface area contributed by atoms with E-state index in [1.165, 1.54) is 10.5 Å². The summed E-state index contributed by atoms with van der Waals surface area (Å²) in [4.78, 5) is 21.8. The maximum Gasteiger partial charge on any atom is 0.289 e. The lowest BCUT2D eigenvalue weighted by atomic mass is 10.1. The molecule has 0 bridgehead atoms. The second-order valence-corrected chi connectivity index (χ2v) is 5.35. The van der Waals surface area contributed by atoms with Gasteiger partial charge in [-0.05, 0) is 24.5 Å². The van der Waals surface area contributed by atoms with Gasteiger partial charge in [-0.15, -0.1) is 0 Å². The van der Waals surface area contributed by atoms with Crippen molar-refractivity contribution in [3.8, 4) is 0 Å². The van der Waals surface area contributed by atoms with Crippen molar-refractivity contribution in [3.05, 3.63) is 65.4 Å². The van der Waals surface area contributed by atoms with Gasteiger partial charge in [-0.3, -0.25) is 4.79 Å². The number of aliphatic hydroxyl groups excluding tert-OH is 1. The fraction of sp³-hybridized carbons (Fsp3) is 0.235. The average Bonchev–Trinajstić information content (AvgIpc) is 2.82. The maximum atomic E-state index is 11.6. The minimum atomic E-state index is -0.381. The highest BCUT2D eigenvalue weighted by molar-refractivity contribution is 6.02. The van der Waals surface area contributed by atoms with Crippen LogP contribution < -0.4 is 0 Å². The molecule has 1 aromatic heterocycles. The summed E-state index contributed by atoms with van der Waals surface area (Å²) in [5, 5.41) is 9.89. The molecule has 112 valence electrons. The first-order valence-corrected chi connectivity index (χ1v) is 7.19. The average molecular weight is 295 g/mol. The van der Waals surface area contributed by atoms with Crippen LogP contribution in [0.3, 0.4) is 0 Å². The van der Waals surface area contributed by atoms with Crippen LogP contribution in [0.2, 0.25) is 0 Å². The summed E-state index contributed by atoms with van der Waals surface area (Å²) in [6, 6.07) is 12.1. The highest BCUT2D eigenvalue weighted by atomic mass is 16.3. The highest BCUT2D eigenvalue weighted by Crippen LogP contribution is 2.22. The summed E-state index contributed by atoms with van der Waals surface area (Å²) < 4.78 is 0. The van der Waals surface area contributed by atoms with Gasteiger partial charge in [0, 0.05) is 18.9 Å². The van der Waals surface area contributed by atoms with Gasteiger partial charge in [0.1, 0.15) is 0 Å². The van der Waals surface area contributed by atoms with E-state index in [9.17, 15) is 9.90 Å².